The van der Waals surface area contributed by atoms with Crippen molar-refractivity contribution in [2.45, 2.75) is 25.7 Å². The van der Waals surface area contributed by atoms with E-state index in [1.807, 2.05) is 6.07 Å². The molecule has 56 valence electrons. The number of nitriles is 1. The Morgan fingerprint density at radius 2 is 2.18 bits per heavy atom. The standard InChI is InChI=1S/C8H9N3/c9-5-8-10-6-3-1-2-4-7(6)11-8/h1-4H2,(H,10,11). The monoisotopic (exact) mass is 147 g/mol. The van der Waals surface area contributed by atoms with Crippen LogP contribution in [0.5, 0.6) is 0 Å². The number of rotatable bonds is 0. The summed E-state index contributed by atoms with van der Waals surface area (Å²) in [4.78, 5) is 7.16. The molecule has 0 aliphatic heterocycles. The third-order valence-electron chi connectivity index (χ3n) is 2.06. The van der Waals surface area contributed by atoms with Crippen molar-refractivity contribution < 1.29 is 0 Å². The molecule has 1 heterocycles. The van der Waals surface area contributed by atoms with Gasteiger partial charge >= 0.3 is 0 Å². The summed E-state index contributed by atoms with van der Waals surface area (Å²) in [5, 5.41) is 8.54. The fraction of sp³-hybridized carbons (Fsp3) is 0.500. The van der Waals surface area contributed by atoms with Crippen LogP contribution in [0.4, 0.5) is 0 Å². The molecule has 0 fully saturated rings. The number of aromatic nitrogens is 2. The molecule has 11 heavy (non-hydrogen) atoms. The highest BCUT2D eigenvalue weighted by Gasteiger charge is 2.13. The minimum absolute atomic E-state index is 0.469. The van der Waals surface area contributed by atoms with Crippen molar-refractivity contribution in [2.24, 2.45) is 0 Å². The van der Waals surface area contributed by atoms with Crippen LogP contribution in [0.1, 0.15) is 30.1 Å². The molecule has 1 aromatic heterocycles. The van der Waals surface area contributed by atoms with E-state index in [-0.39, 0.29) is 0 Å². The smallest absolute Gasteiger partial charge is 0.210 e. The van der Waals surface area contributed by atoms with Gasteiger partial charge in [0, 0.05) is 5.69 Å². The number of aromatic amines is 1. The van der Waals surface area contributed by atoms with Gasteiger partial charge < -0.3 is 4.98 Å². The van der Waals surface area contributed by atoms with Gasteiger partial charge in [0.1, 0.15) is 6.07 Å². The average molecular weight is 147 g/mol. The number of nitrogens with one attached hydrogen (secondary N) is 1. The van der Waals surface area contributed by atoms with Gasteiger partial charge in [-0.2, -0.15) is 5.26 Å². The molecule has 0 saturated carbocycles. The number of hydrogen-bond acceptors (Lipinski definition) is 2. The first kappa shape index (κ1) is 6.41. The first-order valence-corrected chi connectivity index (χ1v) is 3.88. The van der Waals surface area contributed by atoms with E-state index in [1.165, 1.54) is 18.5 Å². The lowest BCUT2D eigenvalue weighted by Gasteiger charge is -2.07. The molecule has 1 aliphatic carbocycles. The van der Waals surface area contributed by atoms with E-state index in [0.29, 0.717) is 5.82 Å². The highest BCUT2D eigenvalue weighted by Crippen LogP contribution is 2.17. The second-order valence-electron chi connectivity index (χ2n) is 2.83. The highest BCUT2D eigenvalue weighted by molar-refractivity contribution is 5.23. The van der Waals surface area contributed by atoms with Crippen molar-refractivity contribution >= 4 is 0 Å². The lowest BCUT2D eigenvalue weighted by molar-refractivity contribution is 0.667. The van der Waals surface area contributed by atoms with Gasteiger partial charge in [0.25, 0.3) is 0 Å². The Bertz CT molecular complexity index is 282. The van der Waals surface area contributed by atoms with Crippen LogP contribution in [-0.2, 0) is 12.8 Å². The number of aryl methyl sites for hydroxylation is 2. The van der Waals surface area contributed by atoms with Gasteiger partial charge in [0.05, 0.1) is 5.69 Å². The zero-order valence-corrected chi connectivity index (χ0v) is 6.22. The molecule has 2 rings (SSSR count). The number of imidazole rings is 1. The number of nitrogens with zero attached hydrogens (tertiary/aromatic N) is 2. The average Bonchev–Trinajstić information content (AvgIpc) is 2.46. The number of hydrogen-bond donors (Lipinski definition) is 1. The fourth-order valence-corrected chi connectivity index (χ4v) is 1.51. The van der Waals surface area contributed by atoms with Gasteiger partial charge in [-0.3, -0.25) is 0 Å². The molecule has 0 saturated heterocycles. The van der Waals surface area contributed by atoms with Crippen molar-refractivity contribution in [3.05, 3.63) is 17.2 Å². The largest absolute Gasteiger partial charge is 0.333 e. The SMILES string of the molecule is N#Cc1nc2c([nH]1)CCCC2. The molecular weight excluding hydrogens is 138 g/mol. The third-order valence-corrected chi connectivity index (χ3v) is 2.06. The first-order valence-electron chi connectivity index (χ1n) is 3.88. The van der Waals surface area contributed by atoms with Gasteiger partial charge in [-0.25, -0.2) is 4.98 Å². The number of H-pyrrole nitrogens is 1. The summed E-state index contributed by atoms with van der Waals surface area (Å²) < 4.78 is 0. The quantitative estimate of drug-likeness (QED) is 0.598. The van der Waals surface area contributed by atoms with Crippen LogP contribution in [0.25, 0.3) is 0 Å². The normalized spacial score (nSPS) is 15.5. The zero-order valence-electron chi connectivity index (χ0n) is 6.22. The molecule has 0 unspecified atom stereocenters. The van der Waals surface area contributed by atoms with Crippen LogP contribution in [0.15, 0.2) is 0 Å². The molecule has 1 aliphatic rings. The summed E-state index contributed by atoms with van der Waals surface area (Å²) in [6.07, 6.45) is 4.53. The third kappa shape index (κ3) is 1.01. The van der Waals surface area contributed by atoms with Crippen molar-refractivity contribution in [1.82, 2.24) is 9.97 Å². The van der Waals surface area contributed by atoms with E-state index in [0.717, 1.165) is 18.5 Å². The summed E-state index contributed by atoms with van der Waals surface area (Å²) in [6.45, 7) is 0. The van der Waals surface area contributed by atoms with Crippen LogP contribution >= 0.6 is 0 Å². The highest BCUT2D eigenvalue weighted by atomic mass is 14.9. The Kier molecular flexibility index (Phi) is 1.39. The molecule has 0 amide bonds. The molecule has 0 bridgehead atoms. The minimum Gasteiger partial charge on any atom is -0.333 e. The van der Waals surface area contributed by atoms with E-state index in [1.54, 1.807) is 0 Å². The molecule has 0 aromatic carbocycles. The van der Waals surface area contributed by atoms with Crippen LogP contribution in [0.2, 0.25) is 0 Å². The molecule has 3 nitrogen and oxygen atoms in total. The van der Waals surface area contributed by atoms with Crippen molar-refractivity contribution in [2.75, 3.05) is 0 Å². The zero-order chi connectivity index (χ0) is 7.68. The lowest BCUT2D eigenvalue weighted by atomic mass is 10.0. The Morgan fingerprint density at radius 1 is 1.36 bits per heavy atom. The summed E-state index contributed by atoms with van der Waals surface area (Å²) in [7, 11) is 0. The van der Waals surface area contributed by atoms with E-state index in [9.17, 15) is 0 Å². The summed E-state index contributed by atoms with van der Waals surface area (Å²) in [5.41, 5.74) is 2.28. The predicted octanol–water partition coefficient (Wildman–Crippen LogP) is 1.16. The Labute approximate surface area is 65.1 Å². The Balaban J connectivity index is 2.42. The molecule has 1 N–H and O–H groups in total. The summed E-state index contributed by atoms with van der Waals surface area (Å²) >= 11 is 0. The summed E-state index contributed by atoms with van der Waals surface area (Å²) in [5.74, 6) is 0.469. The van der Waals surface area contributed by atoms with E-state index in [4.69, 9.17) is 5.26 Å². The molecule has 0 radical (unpaired) electrons. The van der Waals surface area contributed by atoms with Gasteiger partial charge in [0.15, 0.2) is 0 Å². The van der Waals surface area contributed by atoms with Gasteiger partial charge in [-0.05, 0) is 25.7 Å². The summed E-state index contributed by atoms with van der Waals surface area (Å²) in [6, 6.07) is 2.02. The second-order valence-corrected chi connectivity index (χ2v) is 2.83. The first-order chi connectivity index (χ1) is 5.40. The number of fused-ring (bicyclic) bond motifs is 1. The molecule has 3 heteroatoms. The lowest BCUT2D eigenvalue weighted by Crippen LogP contribution is -2.00. The van der Waals surface area contributed by atoms with Crippen LogP contribution in [-0.4, -0.2) is 9.97 Å². The molecule has 0 spiro atoms. The predicted molar refractivity (Wildman–Crippen MR) is 39.9 cm³/mol. The second kappa shape index (κ2) is 2.39. The van der Waals surface area contributed by atoms with Crippen LogP contribution in [0.3, 0.4) is 0 Å². The van der Waals surface area contributed by atoms with E-state index >= 15 is 0 Å². The van der Waals surface area contributed by atoms with Crippen LogP contribution < -0.4 is 0 Å². The minimum atomic E-state index is 0.469. The Morgan fingerprint density at radius 3 is 2.91 bits per heavy atom. The van der Waals surface area contributed by atoms with E-state index in [2.05, 4.69) is 9.97 Å². The van der Waals surface area contributed by atoms with Gasteiger partial charge in [-0.15, -0.1) is 0 Å². The van der Waals surface area contributed by atoms with Crippen LogP contribution in [0, 0.1) is 11.3 Å². The maximum Gasteiger partial charge on any atom is 0.210 e. The van der Waals surface area contributed by atoms with Gasteiger partial charge in [-0.1, -0.05) is 0 Å². The topological polar surface area (TPSA) is 52.5 Å². The molecule has 0 atom stereocenters. The maximum atomic E-state index is 8.54. The van der Waals surface area contributed by atoms with E-state index < -0.39 is 0 Å². The molecule has 1 aromatic rings. The van der Waals surface area contributed by atoms with Gasteiger partial charge in [0.2, 0.25) is 5.82 Å². The maximum absolute atomic E-state index is 8.54. The van der Waals surface area contributed by atoms with Crippen molar-refractivity contribution in [1.29, 1.82) is 5.26 Å². The van der Waals surface area contributed by atoms with Crippen molar-refractivity contribution in [3.8, 4) is 6.07 Å². The molecular formula is C8H9N3. The van der Waals surface area contributed by atoms with Crippen molar-refractivity contribution in [3.63, 3.8) is 0 Å². The Hall–Kier alpha value is -1.30. The fourth-order valence-electron chi connectivity index (χ4n) is 1.51.